The van der Waals surface area contributed by atoms with Crippen molar-refractivity contribution in [3.05, 3.63) is 53.0 Å². The Balaban J connectivity index is 1.38. The number of oxazole rings is 1. The number of carbonyl (C=O) groups is 1. The van der Waals surface area contributed by atoms with Gasteiger partial charge < -0.3 is 9.73 Å². The maximum atomic E-state index is 12.4. The normalized spacial score (nSPS) is 19.8. The second-order valence-corrected chi connectivity index (χ2v) is 8.25. The van der Waals surface area contributed by atoms with E-state index in [2.05, 4.69) is 15.3 Å². The highest BCUT2D eigenvalue weighted by molar-refractivity contribution is 7.72. The highest BCUT2D eigenvalue weighted by Crippen LogP contribution is 2.34. The van der Waals surface area contributed by atoms with E-state index in [-0.39, 0.29) is 22.9 Å². The minimum Gasteiger partial charge on any atom is -0.440 e. The Labute approximate surface area is 168 Å². The van der Waals surface area contributed by atoms with E-state index < -0.39 is 10.7 Å². The molecule has 2 aromatic heterocycles. The molecule has 28 heavy (non-hydrogen) atoms. The van der Waals surface area contributed by atoms with Crippen molar-refractivity contribution in [3.8, 4) is 0 Å². The van der Waals surface area contributed by atoms with E-state index in [0.717, 1.165) is 36.8 Å². The third-order valence-electron chi connectivity index (χ3n) is 4.97. The van der Waals surface area contributed by atoms with Crippen molar-refractivity contribution in [1.82, 2.24) is 15.3 Å². The second-order valence-electron chi connectivity index (χ2n) is 6.85. The minimum absolute atomic E-state index is 0.0280. The van der Waals surface area contributed by atoms with Gasteiger partial charge in [-0.1, -0.05) is 11.6 Å². The Morgan fingerprint density at radius 1 is 1.14 bits per heavy atom. The number of hydrogen-bond donors (Lipinski definition) is 2. The molecule has 0 spiro atoms. The first-order chi connectivity index (χ1) is 13.5. The van der Waals surface area contributed by atoms with Gasteiger partial charge in [0, 0.05) is 28.7 Å². The van der Waals surface area contributed by atoms with Crippen molar-refractivity contribution in [1.29, 1.82) is 0 Å². The molecule has 146 valence electrons. The highest BCUT2D eigenvalue weighted by Gasteiger charge is 2.27. The fourth-order valence-corrected chi connectivity index (χ4v) is 4.08. The molecule has 4 rings (SSSR count). The van der Waals surface area contributed by atoms with Crippen LogP contribution in [0.15, 0.2) is 46.0 Å². The molecule has 0 saturated heterocycles. The zero-order valence-corrected chi connectivity index (χ0v) is 16.5. The molecule has 3 aromatic rings. The molecule has 0 atom stereocenters. The van der Waals surface area contributed by atoms with Crippen molar-refractivity contribution in [2.75, 3.05) is 0 Å². The maximum Gasteiger partial charge on any atom is 0.251 e. The van der Waals surface area contributed by atoms with Crippen LogP contribution in [0.4, 0.5) is 0 Å². The zero-order valence-electron chi connectivity index (χ0n) is 14.8. The Bertz CT molecular complexity index is 1100. The van der Waals surface area contributed by atoms with Gasteiger partial charge in [0.15, 0.2) is 27.2 Å². The van der Waals surface area contributed by atoms with E-state index >= 15 is 0 Å². The van der Waals surface area contributed by atoms with Crippen LogP contribution in [0.2, 0.25) is 5.02 Å². The van der Waals surface area contributed by atoms with Gasteiger partial charge in [-0.15, -0.1) is 0 Å². The molecule has 0 aliphatic heterocycles. The molecule has 2 heterocycles. The summed E-state index contributed by atoms with van der Waals surface area (Å²) in [7, 11) is -2.82. The topological polar surface area (TPSA) is 102 Å². The van der Waals surface area contributed by atoms with Crippen molar-refractivity contribution in [2.45, 2.75) is 42.7 Å². The van der Waals surface area contributed by atoms with E-state index in [1.807, 2.05) is 6.07 Å². The maximum absolute atomic E-state index is 12.4. The average Bonchev–Trinajstić information content (AvgIpc) is 3.11. The molecule has 1 amide bonds. The van der Waals surface area contributed by atoms with Crippen LogP contribution in [0.5, 0.6) is 0 Å². The molecule has 1 aliphatic rings. The van der Waals surface area contributed by atoms with Gasteiger partial charge in [-0.2, -0.15) is 0 Å². The first kappa shape index (κ1) is 18.9. The molecule has 7 nitrogen and oxygen atoms in total. The van der Waals surface area contributed by atoms with Gasteiger partial charge in [0.2, 0.25) is 0 Å². The molecule has 1 aliphatic carbocycles. The lowest BCUT2D eigenvalue weighted by molar-refractivity contribution is 0.0924. The Morgan fingerprint density at radius 2 is 1.93 bits per heavy atom. The monoisotopic (exact) mass is 419 g/mol. The first-order valence-corrected chi connectivity index (χ1v) is 10.5. The molecular weight excluding hydrogens is 402 g/mol. The lowest BCUT2D eigenvalue weighted by Crippen LogP contribution is -2.37. The summed E-state index contributed by atoms with van der Waals surface area (Å²) in [6.07, 6.45) is 4.61. The largest absolute Gasteiger partial charge is 0.440 e. The van der Waals surface area contributed by atoms with Crippen LogP contribution in [0.3, 0.4) is 0 Å². The Morgan fingerprint density at radius 3 is 2.68 bits per heavy atom. The zero-order chi connectivity index (χ0) is 19.7. The number of benzene rings is 1. The molecule has 1 fully saturated rings. The summed E-state index contributed by atoms with van der Waals surface area (Å²) < 4.78 is 27.9. The number of nitrogens with one attached hydrogen (secondary N) is 1. The summed E-state index contributed by atoms with van der Waals surface area (Å²) in [5.74, 6) is 0.622. The third kappa shape index (κ3) is 4.02. The molecule has 1 N–H and O–H groups in total. The number of hydrogen-bond acceptors (Lipinski definition) is 6. The Kier molecular flexibility index (Phi) is 5.32. The second kappa shape index (κ2) is 7.89. The summed E-state index contributed by atoms with van der Waals surface area (Å²) in [4.78, 5) is 20.7. The number of nitrogens with zero attached hydrogens (tertiary/aromatic N) is 2. The predicted molar refractivity (Wildman–Crippen MR) is 104 cm³/mol. The number of halogens is 1. The number of rotatable bonds is 4. The van der Waals surface area contributed by atoms with Gasteiger partial charge in [-0.05, 0) is 56.0 Å². The number of thiol groups is 1. The molecule has 1 aromatic carbocycles. The van der Waals surface area contributed by atoms with Crippen LogP contribution in [-0.4, -0.2) is 30.3 Å². The summed E-state index contributed by atoms with van der Waals surface area (Å²) in [5, 5.41) is 3.49. The van der Waals surface area contributed by atoms with Crippen LogP contribution in [0, 0.1) is 0 Å². The van der Waals surface area contributed by atoms with Crippen LogP contribution in [0.25, 0.3) is 11.1 Å². The molecule has 0 unspecified atom stereocenters. The van der Waals surface area contributed by atoms with Crippen LogP contribution in [0.1, 0.15) is 47.8 Å². The molecule has 9 heteroatoms. The summed E-state index contributed by atoms with van der Waals surface area (Å²) in [6, 6.07) is 8.20. The van der Waals surface area contributed by atoms with Gasteiger partial charge in [0.25, 0.3) is 5.91 Å². The van der Waals surface area contributed by atoms with Crippen LogP contribution < -0.4 is 5.32 Å². The fraction of sp³-hybridized carbons (Fsp3) is 0.316. The van der Waals surface area contributed by atoms with E-state index in [1.165, 1.54) is 18.3 Å². The lowest BCUT2D eigenvalue weighted by atomic mass is 9.86. The van der Waals surface area contributed by atoms with E-state index in [9.17, 15) is 13.2 Å². The van der Waals surface area contributed by atoms with E-state index in [0.29, 0.717) is 16.5 Å². The Hall–Kier alpha value is -2.45. The number of carbonyl (C=O) groups excluding carboxylic acids is 1. The van der Waals surface area contributed by atoms with E-state index in [4.69, 9.17) is 16.0 Å². The van der Waals surface area contributed by atoms with Crippen molar-refractivity contribution < 1.29 is 17.6 Å². The quantitative estimate of drug-likeness (QED) is 0.629. The van der Waals surface area contributed by atoms with Gasteiger partial charge in [0.05, 0.1) is 0 Å². The standard InChI is InChI=1S/C19H18ClN3O4S/c20-13-3-6-16-15(10-13)23-19(27-16)11-1-4-14(5-2-11)22-18(24)12-7-8-21-17(9-12)28(25)26/h3,6-11,14,28H,1-2,4-5H2,(H,22,24). The van der Waals surface area contributed by atoms with Crippen molar-refractivity contribution >= 4 is 39.3 Å². The predicted octanol–water partition coefficient (Wildman–Crippen LogP) is 3.30. The van der Waals surface area contributed by atoms with Gasteiger partial charge in [-0.25, -0.2) is 18.4 Å². The summed E-state index contributed by atoms with van der Waals surface area (Å²) in [6.45, 7) is 0. The molecule has 1 saturated carbocycles. The van der Waals surface area contributed by atoms with Crippen molar-refractivity contribution in [3.63, 3.8) is 0 Å². The first-order valence-electron chi connectivity index (χ1n) is 8.97. The van der Waals surface area contributed by atoms with Gasteiger partial charge >= 0.3 is 0 Å². The van der Waals surface area contributed by atoms with Gasteiger partial charge in [-0.3, -0.25) is 4.79 Å². The third-order valence-corrected chi connectivity index (χ3v) is 5.83. The molecular formula is C19H18ClN3O4S. The number of amides is 1. The number of fused-ring (bicyclic) bond motifs is 1. The molecule has 0 bridgehead atoms. The average molecular weight is 420 g/mol. The minimum atomic E-state index is -2.82. The van der Waals surface area contributed by atoms with Gasteiger partial charge in [0.1, 0.15) is 5.52 Å². The fourth-order valence-electron chi connectivity index (χ4n) is 3.51. The van der Waals surface area contributed by atoms with Crippen LogP contribution >= 0.6 is 11.6 Å². The smallest absolute Gasteiger partial charge is 0.251 e. The number of pyridine rings is 1. The number of aromatic nitrogens is 2. The van der Waals surface area contributed by atoms with Crippen molar-refractivity contribution in [2.24, 2.45) is 0 Å². The summed E-state index contributed by atoms with van der Waals surface area (Å²) >= 11 is 6.00. The lowest BCUT2D eigenvalue weighted by Gasteiger charge is -2.27. The van der Waals surface area contributed by atoms with Crippen LogP contribution in [-0.2, 0) is 10.7 Å². The molecule has 0 radical (unpaired) electrons. The summed E-state index contributed by atoms with van der Waals surface area (Å²) in [5.41, 5.74) is 1.77. The van der Waals surface area contributed by atoms with E-state index in [1.54, 1.807) is 12.1 Å². The highest BCUT2D eigenvalue weighted by atomic mass is 35.5. The SMILES string of the molecule is O=C(NC1CCC(c2nc3cc(Cl)ccc3o2)CC1)c1ccnc([SH](=O)=O)c1.